The Bertz CT molecular complexity index is 226. The van der Waals surface area contributed by atoms with Crippen LogP contribution in [-0.4, -0.2) is 30.9 Å². The molecule has 5 heteroatoms. The van der Waals surface area contributed by atoms with E-state index in [0.717, 1.165) is 12.5 Å². The van der Waals surface area contributed by atoms with Crippen molar-refractivity contribution in [1.29, 1.82) is 0 Å². The minimum atomic E-state index is -0.592. The van der Waals surface area contributed by atoms with Crippen molar-refractivity contribution in [2.24, 2.45) is 11.7 Å². The van der Waals surface area contributed by atoms with Gasteiger partial charge in [-0.2, -0.15) is 0 Å². The Kier molecular flexibility index (Phi) is 3.88. The van der Waals surface area contributed by atoms with Crippen LogP contribution in [0.1, 0.15) is 19.8 Å². The number of nitrogens with two attached hydrogens (primary N) is 1. The molecule has 1 unspecified atom stereocenters. The van der Waals surface area contributed by atoms with Gasteiger partial charge in [-0.15, -0.1) is 0 Å². The summed E-state index contributed by atoms with van der Waals surface area (Å²) in [6.45, 7) is 2.72. The zero-order valence-electron chi connectivity index (χ0n) is 8.38. The van der Waals surface area contributed by atoms with Gasteiger partial charge in [0, 0.05) is 0 Å². The Morgan fingerprint density at radius 3 is 2.64 bits per heavy atom. The molecule has 1 aliphatic rings. The molecule has 0 aliphatic heterocycles. The lowest BCUT2D eigenvalue weighted by atomic mass is 10.3. The Balaban J connectivity index is 2.05. The number of carbonyl (C=O) groups is 2. The average Bonchev–Trinajstić information content (AvgIpc) is 2.87. The molecule has 1 rings (SSSR count). The third-order valence-electron chi connectivity index (χ3n) is 2.22. The second kappa shape index (κ2) is 4.95. The van der Waals surface area contributed by atoms with E-state index in [0.29, 0.717) is 0 Å². The normalized spacial score (nSPS) is 17.5. The summed E-state index contributed by atoms with van der Waals surface area (Å²) in [4.78, 5) is 21.8. The third kappa shape index (κ3) is 4.23. The van der Waals surface area contributed by atoms with E-state index < -0.39 is 11.9 Å². The van der Waals surface area contributed by atoms with Gasteiger partial charge >= 0.3 is 0 Å². The topological polar surface area (TPSA) is 84.2 Å². The van der Waals surface area contributed by atoms with Crippen molar-refractivity contribution in [3.05, 3.63) is 0 Å². The van der Waals surface area contributed by atoms with Crippen molar-refractivity contribution in [2.75, 3.05) is 13.1 Å². The number of hydrogen-bond donors (Lipinski definition) is 3. The van der Waals surface area contributed by atoms with Gasteiger partial charge in [0.15, 0.2) is 0 Å². The van der Waals surface area contributed by atoms with Crippen LogP contribution in [0.4, 0.5) is 0 Å². The Morgan fingerprint density at radius 1 is 1.50 bits per heavy atom. The molecule has 2 amide bonds. The van der Waals surface area contributed by atoms with Gasteiger partial charge in [-0.05, 0) is 32.2 Å². The molecule has 0 bridgehead atoms. The van der Waals surface area contributed by atoms with E-state index in [1.807, 2.05) is 0 Å². The molecule has 0 aromatic rings. The summed E-state index contributed by atoms with van der Waals surface area (Å²) in [5.41, 5.74) is 5.00. The lowest BCUT2D eigenvalue weighted by Crippen LogP contribution is -2.45. The molecule has 0 heterocycles. The van der Waals surface area contributed by atoms with Gasteiger partial charge in [-0.25, -0.2) is 0 Å². The van der Waals surface area contributed by atoms with Crippen molar-refractivity contribution < 1.29 is 9.59 Å². The van der Waals surface area contributed by atoms with Crippen molar-refractivity contribution >= 4 is 11.8 Å². The molecule has 1 atom stereocenters. The molecule has 0 saturated heterocycles. The van der Waals surface area contributed by atoms with Gasteiger partial charge in [-0.3, -0.25) is 9.59 Å². The maximum atomic E-state index is 11.2. The van der Waals surface area contributed by atoms with E-state index >= 15 is 0 Å². The van der Waals surface area contributed by atoms with Crippen LogP contribution in [0.5, 0.6) is 0 Å². The van der Waals surface area contributed by atoms with Crippen LogP contribution in [0, 0.1) is 5.92 Å². The van der Waals surface area contributed by atoms with E-state index in [4.69, 9.17) is 5.73 Å². The van der Waals surface area contributed by atoms with E-state index in [-0.39, 0.29) is 12.5 Å². The number of rotatable bonds is 6. The van der Waals surface area contributed by atoms with E-state index in [2.05, 4.69) is 10.6 Å². The van der Waals surface area contributed by atoms with Crippen LogP contribution >= 0.6 is 0 Å². The van der Waals surface area contributed by atoms with Crippen molar-refractivity contribution in [2.45, 2.75) is 25.8 Å². The van der Waals surface area contributed by atoms with Gasteiger partial charge in [-0.1, -0.05) is 0 Å². The van der Waals surface area contributed by atoms with Crippen LogP contribution in [0.3, 0.4) is 0 Å². The number of hydrogen-bond acceptors (Lipinski definition) is 3. The van der Waals surface area contributed by atoms with Crippen LogP contribution in [0.15, 0.2) is 0 Å². The predicted molar refractivity (Wildman–Crippen MR) is 52.4 cm³/mol. The molecule has 4 N–H and O–H groups in total. The second-order valence-corrected chi connectivity index (χ2v) is 3.77. The standard InChI is InChI=1S/C9H17N3O2/c1-6(9(10)14)12-8(13)5-11-4-7-2-3-7/h6-7,11H,2-5H2,1H3,(H2,10,14)(H,12,13). The smallest absolute Gasteiger partial charge is 0.239 e. The first kappa shape index (κ1) is 11.0. The van der Waals surface area contributed by atoms with Crippen molar-refractivity contribution in [3.8, 4) is 0 Å². The molecule has 0 aromatic carbocycles. The van der Waals surface area contributed by atoms with Gasteiger partial charge in [0.25, 0.3) is 0 Å². The number of primary amides is 1. The molecule has 1 saturated carbocycles. The van der Waals surface area contributed by atoms with Gasteiger partial charge in [0.1, 0.15) is 6.04 Å². The second-order valence-electron chi connectivity index (χ2n) is 3.77. The first-order chi connectivity index (χ1) is 6.59. The third-order valence-corrected chi connectivity index (χ3v) is 2.22. The lowest BCUT2D eigenvalue weighted by Gasteiger charge is -2.10. The van der Waals surface area contributed by atoms with E-state index in [1.54, 1.807) is 6.92 Å². The summed E-state index contributed by atoms with van der Waals surface area (Å²) in [7, 11) is 0. The quantitative estimate of drug-likeness (QED) is 0.511. The van der Waals surface area contributed by atoms with Crippen LogP contribution in [-0.2, 0) is 9.59 Å². The van der Waals surface area contributed by atoms with Gasteiger partial charge < -0.3 is 16.4 Å². The number of amides is 2. The molecule has 0 radical (unpaired) electrons. The highest BCUT2D eigenvalue weighted by Crippen LogP contribution is 2.27. The van der Waals surface area contributed by atoms with Gasteiger partial charge in [0.2, 0.25) is 11.8 Å². The number of nitrogens with one attached hydrogen (secondary N) is 2. The largest absolute Gasteiger partial charge is 0.368 e. The molecular weight excluding hydrogens is 182 g/mol. The fraction of sp³-hybridized carbons (Fsp3) is 0.778. The maximum Gasteiger partial charge on any atom is 0.239 e. The average molecular weight is 199 g/mol. The highest BCUT2D eigenvalue weighted by molar-refractivity contribution is 5.86. The molecule has 0 aromatic heterocycles. The summed E-state index contributed by atoms with van der Waals surface area (Å²) in [5.74, 6) is 0.0499. The highest BCUT2D eigenvalue weighted by Gasteiger charge is 2.20. The van der Waals surface area contributed by atoms with E-state index in [9.17, 15) is 9.59 Å². The first-order valence-electron chi connectivity index (χ1n) is 4.89. The number of carbonyl (C=O) groups excluding carboxylic acids is 2. The summed E-state index contributed by atoms with van der Waals surface area (Å²) < 4.78 is 0. The fourth-order valence-corrected chi connectivity index (χ4v) is 1.08. The fourth-order valence-electron chi connectivity index (χ4n) is 1.08. The molecular formula is C9H17N3O2. The summed E-state index contributed by atoms with van der Waals surface area (Å²) >= 11 is 0. The van der Waals surface area contributed by atoms with Crippen molar-refractivity contribution in [3.63, 3.8) is 0 Å². The molecule has 1 fully saturated rings. The molecule has 5 nitrogen and oxygen atoms in total. The minimum absolute atomic E-state index is 0.183. The lowest BCUT2D eigenvalue weighted by molar-refractivity contribution is -0.126. The Hall–Kier alpha value is -1.10. The zero-order chi connectivity index (χ0) is 10.6. The maximum absolute atomic E-state index is 11.2. The van der Waals surface area contributed by atoms with Crippen LogP contribution in [0.2, 0.25) is 0 Å². The van der Waals surface area contributed by atoms with Gasteiger partial charge in [0.05, 0.1) is 6.54 Å². The van der Waals surface area contributed by atoms with E-state index in [1.165, 1.54) is 12.8 Å². The Morgan fingerprint density at radius 2 is 2.14 bits per heavy atom. The molecule has 80 valence electrons. The predicted octanol–water partition coefficient (Wildman–Crippen LogP) is -1.02. The highest BCUT2D eigenvalue weighted by atomic mass is 16.2. The van der Waals surface area contributed by atoms with Crippen LogP contribution in [0.25, 0.3) is 0 Å². The Labute approximate surface area is 83.4 Å². The summed E-state index contributed by atoms with van der Waals surface area (Å²) in [6, 6.07) is -0.592. The molecule has 0 spiro atoms. The minimum Gasteiger partial charge on any atom is -0.368 e. The first-order valence-corrected chi connectivity index (χ1v) is 4.89. The zero-order valence-corrected chi connectivity index (χ0v) is 8.38. The monoisotopic (exact) mass is 199 g/mol. The molecule has 14 heavy (non-hydrogen) atoms. The molecule has 1 aliphatic carbocycles. The SMILES string of the molecule is CC(NC(=O)CNCC1CC1)C(N)=O. The van der Waals surface area contributed by atoms with Crippen molar-refractivity contribution in [1.82, 2.24) is 10.6 Å². The summed E-state index contributed by atoms with van der Waals surface area (Å²) in [6.07, 6.45) is 2.51. The summed E-state index contributed by atoms with van der Waals surface area (Å²) in [5, 5.41) is 5.52. The van der Waals surface area contributed by atoms with Crippen LogP contribution < -0.4 is 16.4 Å².